The molecule has 5 aliphatic rings. The summed E-state index contributed by atoms with van der Waals surface area (Å²) in [5.41, 5.74) is -0.0336. The molecule has 4 aliphatic carbocycles. The van der Waals surface area contributed by atoms with Gasteiger partial charge in [0.25, 0.3) is 0 Å². The second-order valence-electron chi connectivity index (χ2n) is 10.8. The van der Waals surface area contributed by atoms with Crippen LogP contribution >= 0.6 is 0 Å². The SMILES string of the molecule is CC(=O)OC1CCC2(C)C(CCC3C2CCC2(C)C3CC3OC32C(C)=O)C1. The van der Waals surface area contributed by atoms with E-state index in [9.17, 15) is 9.59 Å². The minimum atomic E-state index is -0.451. The van der Waals surface area contributed by atoms with Gasteiger partial charge in [0.2, 0.25) is 0 Å². The molecule has 0 aromatic rings. The highest BCUT2D eigenvalue weighted by atomic mass is 16.6. The van der Waals surface area contributed by atoms with E-state index in [4.69, 9.17) is 9.47 Å². The molecule has 4 heteroatoms. The fourth-order valence-corrected chi connectivity index (χ4v) is 8.63. The summed E-state index contributed by atoms with van der Waals surface area (Å²) in [6.45, 7) is 8.15. The van der Waals surface area contributed by atoms with Gasteiger partial charge >= 0.3 is 5.97 Å². The number of ether oxygens (including phenoxy) is 2. The van der Waals surface area contributed by atoms with Gasteiger partial charge in [-0.15, -0.1) is 0 Å². The fourth-order valence-electron chi connectivity index (χ4n) is 8.63. The molecule has 0 radical (unpaired) electrons. The summed E-state index contributed by atoms with van der Waals surface area (Å²) >= 11 is 0. The van der Waals surface area contributed by atoms with Crippen LogP contribution in [0.3, 0.4) is 0 Å². The van der Waals surface area contributed by atoms with E-state index in [-0.39, 0.29) is 29.4 Å². The highest BCUT2D eigenvalue weighted by Crippen LogP contribution is 2.73. The molecule has 0 aromatic carbocycles. The smallest absolute Gasteiger partial charge is 0.302 e. The van der Waals surface area contributed by atoms with Crippen LogP contribution in [0, 0.1) is 34.5 Å². The molecule has 9 unspecified atom stereocenters. The molecule has 0 spiro atoms. The Labute approximate surface area is 162 Å². The van der Waals surface area contributed by atoms with E-state index in [0.29, 0.717) is 17.3 Å². The molecule has 5 rings (SSSR count). The van der Waals surface area contributed by atoms with Crippen molar-refractivity contribution in [1.82, 2.24) is 0 Å². The molecule has 0 aromatic heterocycles. The van der Waals surface area contributed by atoms with Gasteiger partial charge in [0.1, 0.15) is 6.10 Å². The van der Waals surface area contributed by atoms with Crippen LogP contribution in [0.1, 0.15) is 79.1 Å². The van der Waals surface area contributed by atoms with E-state index in [1.54, 1.807) is 6.92 Å². The number of hydrogen-bond acceptors (Lipinski definition) is 4. The van der Waals surface area contributed by atoms with Crippen molar-refractivity contribution in [2.75, 3.05) is 0 Å². The number of carbonyl (C=O) groups is 2. The van der Waals surface area contributed by atoms with Gasteiger partial charge < -0.3 is 9.47 Å². The van der Waals surface area contributed by atoms with Gasteiger partial charge in [-0.2, -0.15) is 0 Å². The summed E-state index contributed by atoms with van der Waals surface area (Å²) < 4.78 is 11.6. The number of fused-ring (bicyclic) bond motifs is 7. The van der Waals surface area contributed by atoms with Gasteiger partial charge in [-0.05, 0) is 87.4 Å². The topological polar surface area (TPSA) is 55.9 Å². The average Bonchev–Trinajstić information content (AvgIpc) is 3.27. The predicted molar refractivity (Wildman–Crippen MR) is 101 cm³/mol. The van der Waals surface area contributed by atoms with Gasteiger partial charge in [-0.1, -0.05) is 13.8 Å². The molecule has 0 bridgehead atoms. The van der Waals surface area contributed by atoms with E-state index in [2.05, 4.69) is 13.8 Å². The van der Waals surface area contributed by atoms with Gasteiger partial charge in [0.05, 0.1) is 6.10 Å². The Morgan fingerprint density at radius 3 is 2.44 bits per heavy atom. The Hall–Kier alpha value is -0.900. The average molecular weight is 375 g/mol. The van der Waals surface area contributed by atoms with Crippen molar-refractivity contribution in [3.63, 3.8) is 0 Å². The minimum absolute atomic E-state index is 0.0445. The van der Waals surface area contributed by atoms with Crippen molar-refractivity contribution in [3.05, 3.63) is 0 Å². The van der Waals surface area contributed by atoms with E-state index < -0.39 is 5.60 Å². The number of ketones is 1. The highest BCUT2D eigenvalue weighted by Gasteiger charge is 2.79. The van der Waals surface area contributed by atoms with E-state index in [1.807, 2.05) is 0 Å². The number of esters is 1. The second-order valence-corrected chi connectivity index (χ2v) is 10.8. The zero-order valence-electron chi connectivity index (χ0n) is 17.3. The molecule has 0 amide bonds. The summed E-state index contributed by atoms with van der Waals surface area (Å²) in [7, 11) is 0. The third-order valence-electron chi connectivity index (χ3n) is 9.90. The van der Waals surface area contributed by atoms with E-state index in [0.717, 1.165) is 37.5 Å². The second kappa shape index (κ2) is 5.58. The van der Waals surface area contributed by atoms with Crippen LogP contribution in [0.4, 0.5) is 0 Å². The quantitative estimate of drug-likeness (QED) is 0.534. The Bertz CT molecular complexity index is 688. The standard InChI is InChI=1S/C23H34O4/c1-13(24)23-20(27-23)12-19-17-6-5-15-11-16(26-14(2)25)7-9-21(15,3)18(17)8-10-22(19,23)4/h15-20H,5-12H2,1-4H3. The monoisotopic (exact) mass is 374 g/mol. The van der Waals surface area contributed by atoms with Crippen molar-refractivity contribution in [3.8, 4) is 0 Å². The molecule has 150 valence electrons. The Morgan fingerprint density at radius 2 is 1.74 bits per heavy atom. The predicted octanol–water partition coefficient (Wildman–Crippen LogP) is 4.30. The first-order valence-electron chi connectivity index (χ1n) is 11.1. The lowest BCUT2D eigenvalue weighted by atomic mass is 9.44. The van der Waals surface area contributed by atoms with Gasteiger partial charge in [0.15, 0.2) is 11.4 Å². The zero-order chi connectivity index (χ0) is 19.2. The fraction of sp³-hybridized carbons (Fsp3) is 0.913. The molecular weight excluding hydrogens is 340 g/mol. The van der Waals surface area contributed by atoms with Crippen LogP contribution in [0.5, 0.6) is 0 Å². The first-order valence-corrected chi connectivity index (χ1v) is 11.1. The van der Waals surface area contributed by atoms with Crippen molar-refractivity contribution >= 4 is 11.8 Å². The van der Waals surface area contributed by atoms with Crippen molar-refractivity contribution in [2.24, 2.45) is 34.5 Å². The van der Waals surface area contributed by atoms with Crippen LogP contribution in [0.2, 0.25) is 0 Å². The molecule has 5 fully saturated rings. The van der Waals surface area contributed by atoms with E-state index >= 15 is 0 Å². The van der Waals surface area contributed by atoms with Gasteiger partial charge in [-0.3, -0.25) is 9.59 Å². The molecule has 27 heavy (non-hydrogen) atoms. The summed E-state index contributed by atoms with van der Waals surface area (Å²) in [6.07, 6.45) is 9.53. The van der Waals surface area contributed by atoms with Crippen LogP contribution in [-0.4, -0.2) is 29.6 Å². The Balaban J connectivity index is 1.39. The minimum Gasteiger partial charge on any atom is -0.463 e. The Kier molecular flexibility index (Phi) is 3.75. The molecule has 1 saturated heterocycles. The number of epoxide rings is 1. The van der Waals surface area contributed by atoms with Crippen LogP contribution in [0.15, 0.2) is 0 Å². The first-order chi connectivity index (χ1) is 12.7. The number of hydrogen-bond donors (Lipinski definition) is 0. The first kappa shape index (κ1) is 18.1. The maximum Gasteiger partial charge on any atom is 0.302 e. The molecule has 4 saturated carbocycles. The number of rotatable bonds is 2. The highest BCUT2D eigenvalue weighted by molar-refractivity contribution is 5.90. The number of carbonyl (C=O) groups excluding carboxylic acids is 2. The summed E-state index contributed by atoms with van der Waals surface area (Å²) in [6, 6.07) is 0. The molecule has 9 atom stereocenters. The third kappa shape index (κ3) is 2.20. The van der Waals surface area contributed by atoms with Crippen LogP contribution in [0.25, 0.3) is 0 Å². The lowest BCUT2D eigenvalue weighted by Gasteiger charge is -2.61. The van der Waals surface area contributed by atoms with Crippen molar-refractivity contribution in [1.29, 1.82) is 0 Å². The van der Waals surface area contributed by atoms with Crippen molar-refractivity contribution in [2.45, 2.75) is 96.9 Å². The molecule has 0 N–H and O–H groups in total. The van der Waals surface area contributed by atoms with Gasteiger partial charge in [-0.25, -0.2) is 0 Å². The van der Waals surface area contributed by atoms with E-state index in [1.165, 1.54) is 32.6 Å². The van der Waals surface area contributed by atoms with Crippen LogP contribution < -0.4 is 0 Å². The normalized spacial score (nSPS) is 55.6. The lowest BCUT2D eigenvalue weighted by molar-refractivity contribution is -0.165. The summed E-state index contributed by atoms with van der Waals surface area (Å²) in [5, 5.41) is 0. The Morgan fingerprint density at radius 1 is 0.963 bits per heavy atom. The molecule has 1 aliphatic heterocycles. The number of Topliss-reactive ketones (excluding diaryl/α,β-unsaturated/α-hetero) is 1. The lowest BCUT2D eigenvalue weighted by Crippen LogP contribution is -2.56. The summed E-state index contributed by atoms with van der Waals surface area (Å²) in [5.74, 6) is 2.94. The van der Waals surface area contributed by atoms with Crippen molar-refractivity contribution < 1.29 is 19.1 Å². The maximum absolute atomic E-state index is 12.5. The maximum atomic E-state index is 12.5. The summed E-state index contributed by atoms with van der Waals surface area (Å²) in [4.78, 5) is 23.9. The molecular formula is C23H34O4. The molecule has 1 heterocycles. The van der Waals surface area contributed by atoms with Gasteiger partial charge in [0, 0.05) is 12.3 Å². The third-order valence-corrected chi connectivity index (χ3v) is 9.90. The largest absolute Gasteiger partial charge is 0.463 e. The van der Waals surface area contributed by atoms with Crippen LogP contribution in [-0.2, 0) is 19.1 Å². The molecule has 4 nitrogen and oxygen atoms in total. The zero-order valence-corrected chi connectivity index (χ0v) is 17.3.